The molecule has 0 bridgehead atoms. The molecule has 1 rings (SSSR count). The monoisotopic (exact) mass is 303 g/mol. The van der Waals surface area contributed by atoms with E-state index in [0.29, 0.717) is 6.04 Å². The summed E-state index contributed by atoms with van der Waals surface area (Å²) < 4.78 is 0.949. The topological polar surface area (TPSA) is 12.0 Å². The number of nitrogens with one attached hydrogen (secondary N) is 1. The summed E-state index contributed by atoms with van der Waals surface area (Å²) >= 11 is 9.40. The Morgan fingerprint density at radius 1 is 1.38 bits per heavy atom. The summed E-state index contributed by atoms with van der Waals surface area (Å²) in [6.07, 6.45) is 4.91. The second kappa shape index (κ2) is 7.18. The van der Waals surface area contributed by atoms with Crippen LogP contribution in [0.25, 0.3) is 0 Å². The largest absolute Gasteiger partial charge is 0.382 e. The predicted octanol–water partition coefficient (Wildman–Crippen LogP) is 5.48. The molecule has 90 valence electrons. The lowest BCUT2D eigenvalue weighted by atomic mass is 10.1. The molecule has 1 N–H and O–H groups in total. The fourth-order valence-corrected chi connectivity index (χ4v) is 2.15. The van der Waals surface area contributed by atoms with Gasteiger partial charge < -0.3 is 5.32 Å². The quantitative estimate of drug-likeness (QED) is 0.733. The van der Waals surface area contributed by atoms with E-state index in [4.69, 9.17) is 11.6 Å². The Labute approximate surface area is 112 Å². The molecule has 0 saturated heterocycles. The summed E-state index contributed by atoms with van der Waals surface area (Å²) in [4.78, 5) is 0. The van der Waals surface area contributed by atoms with Crippen LogP contribution in [0.4, 0.5) is 5.69 Å². The van der Waals surface area contributed by atoms with Gasteiger partial charge in [-0.15, -0.1) is 0 Å². The van der Waals surface area contributed by atoms with Gasteiger partial charge in [-0.3, -0.25) is 0 Å². The van der Waals surface area contributed by atoms with Crippen LogP contribution in [0.2, 0.25) is 5.02 Å². The second-order valence-corrected chi connectivity index (χ2v) is 5.28. The van der Waals surface area contributed by atoms with E-state index in [9.17, 15) is 0 Å². The van der Waals surface area contributed by atoms with Crippen LogP contribution >= 0.6 is 27.5 Å². The van der Waals surface area contributed by atoms with Gasteiger partial charge in [0, 0.05) is 16.2 Å². The van der Waals surface area contributed by atoms with E-state index < -0.39 is 0 Å². The maximum atomic E-state index is 5.96. The molecule has 16 heavy (non-hydrogen) atoms. The number of benzene rings is 1. The third-order valence-corrected chi connectivity index (χ3v) is 3.90. The highest BCUT2D eigenvalue weighted by atomic mass is 79.9. The maximum Gasteiger partial charge on any atom is 0.0549 e. The van der Waals surface area contributed by atoms with Crippen LogP contribution in [0.1, 0.15) is 39.5 Å². The molecule has 3 heteroatoms. The molecule has 1 aromatic carbocycles. The van der Waals surface area contributed by atoms with E-state index in [-0.39, 0.29) is 0 Å². The number of hydrogen-bond acceptors (Lipinski definition) is 1. The summed E-state index contributed by atoms with van der Waals surface area (Å²) in [5.41, 5.74) is 1.14. The van der Waals surface area contributed by atoms with Crippen LogP contribution in [-0.2, 0) is 0 Å². The van der Waals surface area contributed by atoms with Gasteiger partial charge in [-0.1, -0.05) is 38.3 Å². The van der Waals surface area contributed by atoms with Crippen molar-refractivity contribution in [2.75, 3.05) is 5.32 Å². The molecule has 0 heterocycles. The normalized spacial score (nSPS) is 12.5. The van der Waals surface area contributed by atoms with Crippen molar-refractivity contribution in [3.05, 3.63) is 27.7 Å². The molecule has 1 unspecified atom stereocenters. The van der Waals surface area contributed by atoms with Crippen LogP contribution in [0.15, 0.2) is 22.7 Å². The highest BCUT2D eigenvalue weighted by Gasteiger charge is 2.06. The molecule has 0 amide bonds. The maximum absolute atomic E-state index is 5.96. The minimum absolute atomic E-state index is 0.563. The van der Waals surface area contributed by atoms with Crippen LogP contribution in [0.5, 0.6) is 0 Å². The molecule has 0 saturated carbocycles. The summed E-state index contributed by atoms with van der Waals surface area (Å²) in [5.74, 6) is 0. The predicted molar refractivity (Wildman–Crippen MR) is 76.4 cm³/mol. The molecule has 0 fully saturated rings. The first-order chi connectivity index (χ1) is 7.67. The van der Waals surface area contributed by atoms with Gasteiger partial charge in [-0.25, -0.2) is 0 Å². The highest BCUT2D eigenvalue weighted by Crippen LogP contribution is 2.26. The summed E-state index contributed by atoms with van der Waals surface area (Å²) in [5, 5.41) is 4.30. The Kier molecular flexibility index (Phi) is 6.22. The molecule has 0 aromatic heterocycles. The Bertz CT molecular complexity index is 328. The zero-order valence-electron chi connectivity index (χ0n) is 9.89. The number of anilines is 1. The van der Waals surface area contributed by atoms with E-state index in [1.165, 1.54) is 19.3 Å². The average molecular weight is 305 g/mol. The van der Waals surface area contributed by atoms with Crippen LogP contribution in [-0.4, -0.2) is 6.04 Å². The number of rotatable bonds is 6. The first-order valence-corrected chi connectivity index (χ1v) is 7.06. The van der Waals surface area contributed by atoms with Crippen molar-refractivity contribution in [1.82, 2.24) is 0 Å². The summed E-state index contributed by atoms with van der Waals surface area (Å²) in [6, 6.07) is 6.55. The molecule has 1 nitrogen and oxygen atoms in total. The summed E-state index contributed by atoms with van der Waals surface area (Å²) in [6.45, 7) is 4.45. The molecule has 1 aromatic rings. The molecule has 0 spiro atoms. The molecular formula is C13H19BrClN. The Hall–Kier alpha value is -0.210. The lowest BCUT2D eigenvalue weighted by Gasteiger charge is -2.18. The van der Waals surface area contributed by atoms with Gasteiger partial charge in [0.2, 0.25) is 0 Å². The zero-order chi connectivity index (χ0) is 12.0. The highest BCUT2D eigenvalue weighted by molar-refractivity contribution is 9.10. The van der Waals surface area contributed by atoms with Gasteiger partial charge in [-0.2, -0.15) is 0 Å². The van der Waals surface area contributed by atoms with Crippen LogP contribution in [0.3, 0.4) is 0 Å². The minimum atomic E-state index is 0.563. The zero-order valence-corrected chi connectivity index (χ0v) is 12.2. The van der Waals surface area contributed by atoms with Crippen molar-refractivity contribution in [1.29, 1.82) is 0 Å². The lowest BCUT2D eigenvalue weighted by molar-refractivity contribution is 0.593. The van der Waals surface area contributed by atoms with Gasteiger partial charge >= 0.3 is 0 Å². The van der Waals surface area contributed by atoms with Gasteiger partial charge in [0.1, 0.15) is 0 Å². The standard InChI is InChI=1S/C13H19BrClN/c1-3-5-6-10(4-2)16-11-7-8-13(15)12(14)9-11/h7-10,16H,3-6H2,1-2H3. The Morgan fingerprint density at radius 3 is 2.69 bits per heavy atom. The minimum Gasteiger partial charge on any atom is -0.382 e. The van der Waals surface area contributed by atoms with Crippen molar-refractivity contribution in [3.8, 4) is 0 Å². The fraction of sp³-hybridized carbons (Fsp3) is 0.538. The first-order valence-electron chi connectivity index (χ1n) is 5.89. The fourth-order valence-electron chi connectivity index (χ4n) is 1.65. The van der Waals surface area contributed by atoms with E-state index in [1.807, 2.05) is 18.2 Å². The van der Waals surface area contributed by atoms with Crippen molar-refractivity contribution >= 4 is 33.2 Å². The van der Waals surface area contributed by atoms with E-state index in [1.54, 1.807) is 0 Å². The lowest BCUT2D eigenvalue weighted by Crippen LogP contribution is -2.18. The Morgan fingerprint density at radius 2 is 2.12 bits per heavy atom. The number of hydrogen-bond donors (Lipinski definition) is 1. The molecule has 0 aliphatic rings. The Balaban J connectivity index is 2.59. The SMILES string of the molecule is CCCCC(CC)Nc1ccc(Cl)c(Br)c1. The van der Waals surface area contributed by atoms with Gasteiger partial charge in [-0.05, 0) is 47.0 Å². The van der Waals surface area contributed by atoms with E-state index in [0.717, 1.165) is 21.6 Å². The molecule has 0 aliphatic heterocycles. The smallest absolute Gasteiger partial charge is 0.0549 e. The van der Waals surface area contributed by atoms with Crippen LogP contribution in [0, 0.1) is 0 Å². The van der Waals surface area contributed by atoms with Crippen molar-refractivity contribution in [3.63, 3.8) is 0 Å². The third kappa shape index (κ3) is 4.34. The first kappa shape index (κ1) is 13.9. The molecule has 0 aliphatic carbocycles. The van der Waals surface area contributed by atoms with Gasteiger partial charge in [0.15, 0.2) is 0 Å². The van der Waals surface area contributed by atoms with Crippen molar-refractivity contribution in [2.24, 2.45) is 0 Å². The van der Waals surface area contributed by atoms with Gasteiger partial charge in [0.25, 0.3) is 0 Å². The van der Waals surface area contributed by atoms with Crippen molar-refractivity contribution in [2.45, 2.75) is 45.6 Å². The number of halogens is 2. The molecular weight excluding hydrogens is 286 g/mol. The third-order valence-electron chi connectivity index (χ3n) is 2.69. The van der Waals surface area contributed by atoms with E-state index >= 15 is 0 Å². The molecule has 0 radical (unpaired) electrons. The van der Waals surface area contributed by atoms with Gasteiger partial charge in [0.05, 0.1) is 5.02 Å². The van der Waals surface area contributed by atoms with E-state index in [2.05, 4.69) is 35.1 Å². The summed E-state index contributed by atoms with van der Waals surface area (Å²) in [7, 11) is 0. The average Bonchev–Trinajstić information content (AvgIpc) is 2.29. The number of unbranched alkanes of at least 4 members (excludes halogenated alkanes) is 1. The molecule has 1 atom stereocenters. The van der Waals surface area contributed by atoms with Crippen LogP contribution < -0.4 is 5.32 Å². The second-order valence-electron chi connectivity index (χ2n) is 4.02. The van der Waals surface area contributed by atoms with Crippen molar-refractivity contribution < 1.29 is 0 Å².